The molecule has 0 atom stereocenters. The summed E-state index contributed by atoms with van der Waals surface area (Å²) in [6, 6.07) is 8.97. The van der Waals surface area contributed by atoms with Gasteiger partial charge in [-0.05, 0) is 36.8 Å². The standard InChI is InChI=1S/C17H12ClN5O4.C2H6/c1-8-4-10(2-3-12(8)20)27-15-11(18)5-9(6-14(15)24)23-17(26)21-16(25)13(7-19)22-23;1-2/h2-6,24H,20H2,1H3,(H,21,25,26);1-2H3. The number of nitrogen functional groups attached to an aromatic ring is 1. The normalized spacial score (nSPS) is 9.90. The van der Waals surface area contributed by atoms with E-state index in [-0.39, 0.29) is 22.2 Å². The Labute approximate surface area is 170 Å². The zero-order valence-corrected chi connectivity index (χ0v) is 16.6. The molecule has 0 aliphatic carbocycles. The second-order valence-corrected chi connectivity index (χ2v) is 5.93. The summed E-state index contributed by atoms with van der Waals surface area (Å²) in [5.74, 6) is -0.00861. The highest BCUT2D eigenvalue weighted by Gasteiger charge is 2.15. The Balaban J connectivity index is 0.00000145. The molecule has 1 aromatic heterocycles. The van der Waals surface area contributed by atoms with E-state index < -0.39 is 16.9 Å². The molecule has 0 unspecified atom stereocenters. The topological polar surface area (TPSA) is 147 Å². The number of H-pyrrole nitrogens is 1. The number of aromatic hydroxyl groups is 1. The van der Waals surface area contributed by atoms with E-state index in [0.29, 0.717) is 11.4 Å². The molecule has 0 saturated heterocycles. The van der Waals surface area contributed by atoms with Gasteiger partial charge in [-0.25, -0.2) is 4.79 Å². The molecule has 0 radical (unpaired) electrons. The third kappa shape index (κ3) is 4.56. The van der Waals surface area contributed by atoms with Crippen LogP contribution >= 0.6 is 11.6 Å². The third-order valence-corrected chi connectivity index (χ3v) is 3.93. The van der Waals surface area contributed by atoms with E-state index in [0.717, 1.165) is 10.2 Å². The molecule has 29 heavy (non-hydrogen) atoms. The molecule has 0 bridgehead atoms. The smallest absolute Gasteiger partial charge is 0.349 e. The molecule has 150 valence electrons. The van der Waals surface area contributed by atoms with Crippen molar-refractivity contribution in [1.29, 1.82) is 5.26 Å². The lowest BCUT2D eigenvalue weighted by Gasteiger charge is -2.13. The Hall–Kier alpha value is -3.77. The molecule has 9 nitrogen and oxygen atoms in total. The number of anilines is 1. The van der Waals surface area contributed by atoms with Crippen LogP contribution in [-0.2, 0) is 0 Å². The van der Waals surface area contributed by atoms with Gasteiger partial charge in [-0.2, -0.15) is 9.94 Å². The number of halogens is 1. The molecule has 0 amide bonds. The number of phenols is 1. The van der Waals surface area contributed by atoms with Crippen molar-refractivity contribution in [2.45, 2.75) is 20.8 Å². The van der Waals surface area contributed by atoms with E-state index in [9.17, 15) is 14.7 Å². The van der Waals surface area contributed by atoms with Crippen LogP contribution in [0.3, 0.4) is 0 Å². The second kappa shape index (κ2) is 8.95. The molecule has 1 heterocycles. The van der Waals surface area contributed by atoms with Crippen molar-refractivity contribution in [3.63, 3.8) is 0 Å². The maximum atomic E-state index is 11.9. The maximum absolute atomic E-state index is 11.9. The zero-order chi connectivity index (χ0) is 21.7. The molecule has 0 spiro atoms. The van der Waals surface area contributed by atoms with Crippen molar-refractivity contribution in [3.05, 3.63) is 67.4 Å². The summed E-state index contributed by atoms with van der Waals surface area (Å²) in [6.07, 6.45) is 0. The van der Waals surface area contributed by atoms with Crippen LogP contribution in [0.5, 0.6) is 17.2 Å². The fraction of sp³-hybridized carbons (Fsp3) is 0.158. The van der Waals surface area contributed by atoms with Crippen molar-refractivity contribution >= 4 is 17.3 Å². The van der Waals surface area contributed by atoms with Crippen LogP contribution in [0.25, 0.3) is 5.69 Å². The number of ether oxygens (including phenoxy) is 1. The fourth-order valence-corrected chi connectivity index (χ4v) is 2.51. The number of nitrogens with two attached hydrogens (primary N) is 1. The van der Waals surface area contributed by atoms with Crippen LogP contribution in [0.15, 0.2) is 39.9 Å². The SMILES string of the molecule is CC.Cc1cc(Oc2c(O)cc(-n3nc(C#N)c(=O)[nH]c3=O)cc2Cl)ccc1N. The van der Waals surface area contributed by atoms with Gasteiger partial charge in [0.25, 0.3) is 5.56 Å². The molecule has 10 heteroatoms. The monoisotopic (exact) mass is 415 g/mol. The molecule has 3 aromatic rings. The van der Waals surface area contributed by atoms with Gasteiger partial charge in [0.2, 0.25) is 5.69 Å². The van der Waals surface area contributed by atoms with E-state index in [1.54, 1.807) is 31.2 Å². The Bertz CT molecular complexity index is 1190. The zero-order valence-electron chi connectivity index (χ0n) is 15.9. The molecule has 4 N–H and O–H groups in total. The Morgan fingerprint density at radius 3 is 2.55 bits per heavy atom. The maximum Gasteiger partial charge on any atom is 0.349 e. The number of benzene rings is 2. The van der Waals surface area contributed by atoms with E-state index in [4.69, 9.17) is 27.3 Å². The van der Waals surface area contributed by atoms with E-state index >= 15 is 0 Å². The van der Waals surface area contributed by atoms with Gasteiger partial charge in [0.1, 0.15) is 11.8 Å². The van der Waals surface area contributed by atoms with Crippen molar-refractivity contribution in [1.82, 2.24) is 14.8 Å². The van der Waals surface area contributed by atoms with Crippen molar-refractivity contribution in [2.24, 2.45) is 0 Å². The molecule has 0 aliphatic heterocycles. The van der Waals surface area contributed by atoms with Gasteiger partial charge in [-0.1, -0.05) is 25.4 Å². The van der Waals surface area contributed by atoms with Gasteiger partial charge in [0, 0.05) is 11.8 Å². The molecule has 2 aromatic carbocycles. The lowest BCUT2D eigenvalue weighted by atomic mass is 10.2. The third-order valence-electron chi connectivity index (χ3n) is 3.65. The molecule has 0 aliphatic rings. The quantitative estimate of drug-likeness (QED) is 0.557. The number of hydrogen-bond acceptors (Lipinski definition) is 7. The minimum absolute atomic E-state index is 0.0158. The second-order valence-electron chi connectivity index (χ2n) is 5.53. The van der Waals surface area contributed by atoms with E-state index in [1.165, 1.54) is 12.1 Å². The average molecular weight is 416 g/mol. The Kier molecular flexibility index (Phi) is 6.64. The predicted octanol–water partition coefficient (Wildman–Crippen LogP) is 2.86. The lowest BCUT2D eigenvalue weighted by Crippen LogP contribution is -2.33. The summed E-state index contributed by atoms with van der Waals surface area (Å²) in [5, 5.41) is 22.8. The van der Waals surface area contributed by atoms with Gasteiger partial charge in [0.05, 0.1) is 10.7 Å². The first-order valence-electron chi connectivity index (χ1n) is 8.50. The van der Waals surface area contributed by atoms with Gasteiger partial charge >= 0.3 is 5.69 Å². The minimum Gasteiger partial charge on any atom is -0.504 e. The first-order valence-corrected chi connectivity index (χ1v) is 8.88. The first kappa shape index (κ1) is 21.5. The molecular formula is C19H18ClN5O4. The number of aromatic amines is 1. The van der Waals surface area contributed by atoms with Gasteiger partial charge in [0.15, 0.2) is 11.5 Å². The highest BCUT2D eigenvalue weighted by atomic mass is 35.5. The number of nitrogens with one attached hydrogen (secondary N) is 1. The number of phenolic OH excluding ortho intramolecular Hbond substituents is 1. The van der Waals surface area contributed by atoms with Crippen LogP contribution in [0.2, 0.25) is 5.02 Å². The number of nitrogens with zero attached hydrogens (tertiary/aromatic N) is 3. The van der Waals surface area contributed by atoms with Crippen molar-refractivity contribution < 1.29 is 9.84 Å². The van der Waals surface area contributed by atoms with Gasteiger partial charge < -0.3 is 15.6 Å². The molecule has 3 rings (SSSR count). The molecule has 0 fully saturated rings. The summed E-state index contributed by atoms with van der Waals surface area (Å²) < 4.78 is 6.34. The van der Waals surface area contributed by atoms with Crippen LogP contribution in [0.1, 0.15) is 25.1 Å². The average Bonchev–Trinajstić information content (AvgIpc) is 2.69. The first-order chi connectivity index (χ1) is 13.8. The van der Waals surface area contributed by atoms with Crippen molar-refractivity contribution in [2.75, 3.05) is 5.73 Å². The number of aromatic nitrogens is 3. The number of aryl methyl sites for hydroxylation is 1. The summed E-state index contributed by atoms with van der Waals surface area (Å²) in [4.78, 5) is 25.3. The number of nitriles is 1. The van der Waals surface area contributed by atoms with E-state index in [1.807, 2.05) is 18.8 Å². The fourth-order valence-electron chi connectivity index (χ4n) is 2.27. The molecular weight excluding hydrogens is 398 g/mol. The Morgan fingerprint density at radius 2 is 1.97 bits per heavy atom. The molecule has 0 saturated carbocycles. The lowest BCUT2D eigenvalue weighted by molar-refractivity contribution is 0.411. The summed E-state index contributed by atoms with van der Waals surface area (Å²) in [7, 11) is 0. The van der Waals surface area contributed by atoms with Crippen LogP contribution in [-0.4, -0.2) is 19.9 Å². The number of rotatable bonds is 3. The van der Waals surface area contributed by atoms with Crippen LogP contribution in [0, 0.1) is 18.3 Å². The summed E-state index contributed by atoms with van der Waals surface area (Å²) in [6.45, 7) is 5.80. The minimum atomic E-state index is -0.909. The highest BCUT2D eigenvalue weighted by molar-refractivity contribution is 6.32. The summed E-state index contributed by atoms with van der Waals surface area (Å²) in [5.41, 5.74) is 4.85. The largest absolute Gasteiger partial charge is 0.504 e. The predicted molar refractivity (Wildman–Crippen MR) is 109 cm³/mol. The van der Waals surface area contributed by atoms with Crippen LogP contribution < -0.4 is 21.7 Å². The number of hydrogen-bond donors (Lipinski definition) is 3. The van der Waals surface area contributed by atoms with E-state index in [2.05, 4.69) is 5.10 Å². The summed E-state index contributed by atoms with van der Waals surface area (Å²) >= 11 is 6.17. The van der Waals surface area contributed by atoms with Gasteiger partial charge in [-0.15, -0.1) is 5.10 Å². The Morgan fingerprint density at radius 1 is 1.28 bits per heavy atom. The van der Waals surface area contributed by atoms with Crippen LogP contribution in [0.4, 0.5) is 5.69 Å². The van der Waals surface area contributed by atoms with Gasteiger partial charge in [-0.3, -0.25) is 9.78 Å². The highest BCUT2D eigenvalue weighted by Crippen LogP contribution is 2.39. The van der Waals surface area contributed by atoms with Crippen molar-refractivity contribution in [3.8, 4) is 29.0 Å².